The molecule has 2 aliphatic heterocycles. The zero-order valence-corrected chi connectivity index (χ0v) is 46.7. The average molecular weight is 1080 g/mol. The molecule has 76 heavy (non-hydrogen) atoms. The van der Waals surface area contributed by atoms with Gasteiger partial charge < -0.3 is 64.2 Å². The molecule has 0 amide bonds. The lowest BCUT2D eigenvalue weighted by molar-refractivity contribution is -0.332. The largest absolute Gasteiger partial charge is 0.462 e. The Labute approximate surface area is 457 Å². The van der Waals surface area contributed by atoms with Crippen LogP contribution >= 0.6 is 0 Å². The molecule has 2 aliphatic rings. The normalized spacial score (nSPS) is 24.9. The number of ether oxygens (including phenoxy) is 6. The van der Waals surface area contributed by atoms with E-state index in [2.05, 4.69) is 74.6 Å². The molecule has 11 atom stereocenters. The fourth-order valence-electron chi connectivity index (χ4n) is 8.84. The third-order valence-electron chi connectivity index (χ3n) is 13.7. The number of aliphatic hydroxyl groups is 7. The van der Waals surface area contributed by atoms with Gasteiger partial charge >= 0.3 is 11.9 Å². The van der Waals surface area contributed by atoms with E-state index in [4.69, 9.17) is 28.4 Å². The molecule has 2 rings (SSSR count). The molecule has 0 aromatic rings. The van der Waals surface area contributed by atoms with Gasteiger partial charge in [0, 0.05) is 12.8 Å². The molecular formula is C61H104O15. The van der Waals surface area contributed by atoms with Crippen LogP contribution in [0.1, 0.15) is 206 Å². The summed E-state index contributed by atoms with van der Waals surface area (Å²) in [6, 6.07) is 0. The quantitative estimate of drug-likeness (QED) is 0.0171. The van der Waals surface area contributed by atoms with Crippen LogP contribution in [0.4, 0.5) is 0 Å². The van der Waals surface area contributed by atoms with E-state index in [1.54, 1.807) is 0 Å². The van der Waals surface area contributed by atoms with Crippen LogP contribution in [0.2, 0.25) is 0 Å². The highest BCUT2D eigenvalue weighted by Gasteiger charge is 2.47. The highest BCUT2D eigenvalue weighted by atomic mass is 16.7. The van der Waals surface area contributed by atoms with Crippen molar-refractivity contribution in [3.63, 3.8) is 0 Å². The molecule has 4 unspecified atom stereocenters. The van der Waals surface area contributed by atoms with Crippen molar-refractivity contribution >= 4 is 11.9 Å². The van der Waals surface area contributed by atoms with E-state index >= 15 is 0 Å². The number of allylic oxidation sites excluding steroid dienone is 12. The van der Waals surface area contributed by atoms with E-state index in [1.807, 2.05) is 12.2 Å². The lowest BCUT2D eigenvalue weighted by Gasteiger charge is -2.42. The SMILES string of the molecule is CCCCC/C=C/C/C=C/C/C=C/C/C=C/C/C=C/CCC(=O)OC[C@H](CO[C@H]1O[C@@H](CO[C@H]2O[C@@H](CO)[C@@H](O)C(O)C2O)[C@@H](O)C(O)C1O)OC(=O)CCCCCCCCCCCCC/C=C/CCCCCCCC. The van der Waals surface area contributed by atoms with Gasteiger partial charge in [0.2, 0.25) is 0 Å². The maximum atomic E-state index is 13.1. The van der Waals surface area contributed by atoms with Gasteiger partial charge in [-0.1, -0.05) is 189 Å². The zero-order chi connectivity index (χ0) is 55.3. The molecule has 0 bridgehead atoms. The number of hydrogen-bond acceptors (Lipinski definition) is 15. The second-order valence-electron chi connectivity index (χ2n) is 20.5. The van der Waals surface area contributed by atoms with Crippen molar-refractivity contribution in [1.82, 2.24) is 0 Å². The van der Waals surface area contributed by atoms with E-state index in [-0.39, 0.29) is 19.4 Å². The first-order chi connectivity index (χ1) is 37.0. The maximum absolute atomic E-state index is 13.1. The van der Waals surface area contributed by atoms with E-state index in [0.29, 0.717) is 12.8 Å². The van der Waals surface area contributed by atoms with Crippen molar-refractivity contribution in [1.29, 1.82) is 0 Å². The summed E-state index contributed by atoms with van der Waals surface area (Å²) < 4.78 is 33.6. The van der Waals surface area contributed by atoms with Gasteiger partial charge in [0.1, 0.15) is 55.4 Å². The Morgan fingerprint density at radius 3 is 1.33 bits per heavy atom. The number of carbonyl (C=O) groups excluding carboxylic acids is 2. The summed E-state index contributed by atoms with van der Waals surface area (Å²) in [6.45, 7) is 2.50. The van der Waals surface area contributed by atoms with Gasteiger partial charge in [0.15, 0.2) is 18.7 Å². The third kappa shape index (κ3) is 33.4. The highest BCUT2D eigenvalue weighted by molar-refractivity contribution is 5.70. The van der Waals surface area contributed by atoms with Crippen LogP contribution in [-0.2, 0) is 38.0 Å². The molecule has 15 nitrogen and oxygen atoms in total. The van der Waals surface area contributed by atoms with Gasteiger partial charge in [-0.2, -0.15) is 0 Å². The van der Waals surface area contributed by atoms with E-state index in [0.717, 1.165) is 51.4 Å². The predicted octanol–water partition coefficient (Wildman–Crippen LogP) is 10.2. The van der Waals surface area contributed by atoms with Gasteiger partial charge in [-0.05, 0) is 77.0 Å². The molecule has 2 saturated heterocycles. The Morgan fingerprint density at radius 1 is 0.421 bits per heavy atom. The van der Waals surface area contributed by atoms with Crippen molar-refractivity contribution in [3.05, 3.63) is 72.9 Å². The van der Waals surface area contributed by atoms with Crippen molar-refractivity contribution in [2.24, 2.45) is 0 Å². The van der Waals surface area contributed by atoms with Crippen molar-refractivity contribution < 1.29 is 73.8 Å². The molecule has 2 heterocycles. The first-order valence-electron chi connectivity index (χ1n) is 29.5. The molecule has 0 spiro atoms. The minimum Gasteiger partial charge on any atom is -0.462 e. The van der Waals surface area contributed by atoms with Crippen molar-refractivity contribution in [2.75, 3.05) is 26.4 Å². The minimum atomic E-state index is -1.78. The molecule has 0 aromatic carbocycles. The van der Waals surface area contributed by atoms with Crippen LogP contribution < -0.4 is 0 Å². The zero-order valence-electron chi connectivity index (χ0n) is 46.7. The summed E-state index contributed by atoms with van der Waals surface area (Å²) in [4.78, 5) is 25.9. The number of unbranched alkanes of at least 4 members (excludes halogenated alkanes) is 20. The Kier molecular flexibility index (Phi) is 42.5. The van der Waals surface area contributed by atoms with Crippen LogP contribution in [-0.4, -0.2) is 142 Å². The standard InChI is InChI=1S/C61H104O15/c1-3-5-7-9-11-13-15-17-19-21-23-24-26-28-30-32-34-36-38-40-42-44-53(64)74-49(46-71-52(63)43-41-39-37-35-33-31-29-27-25-22-20-18-16-14-12-10-8-6-4-2)47-72-60-59(70)57(68)55(66)51(76-60)48-73-61-58(69)56(67)54(65)50(45-62)75-61/h12,14,17-20,25,27,31,33,37,39,49-51,54-62,65-70H,3-11,13,15-16,21-24,26,28-30,32,34-36,38,40-48H2,1-2H3/b14-12+,19-17+,20-18+,27-25+,33-31+,39-37+/t49-,50+,51+,54-,55-,56?,57?,58?,59?,60+,61+/m1/s1. The van der Waals surface area contributed by atoms with E-state index < -0.39 is 99.3 Å². The summed E-state index contributed by atoms with van der Waals surface area (Å²) in [5, 5.41) is 72.3. The predicted molar refractivity (Wildman–Crippen MR) is 298 cm³/mol. The topological polar surface area (TPSA) is 231 Å². The van der Waals surface area contributed by atoms with Gasteiger partial charge in [-0.3, -0.25) is 9.59 Å². The van der Waals surface area contributed by atoms with Crippen LogP contribution in [0, 0.1) is 0 Å². The van der Waals surface area contributed by atoms with Gasteiger partial charge in [0.05, 0.1) is 19.8 Å². The fraction of sp³-hybridized carbons (Fsp3) is 0.770. The van der Waals surface area contributed by atoms with Crippen LogP contribution in [0.25, 0.3) is 0 Å². The number of rotatable bonds is 46. The van der Waals surface area contributed by atoms with E-state index in [1.165, 1.54) is 116 Å². The number of aliphatic hydroxyl groups excluding tert-OH is 7. The lowest BCUT2D eigenvalue weighted by Crippen LogP contribution is -2.61. The van der Waals surface area contributed by atoms with Crippen LogP contribution in [0.5, 0.6) is 0 Å². The third-order valence-corrected chi connectivity index (χ3v) is 13.7. The number of esters is 2. The Bertz CT molecular complexity index is 1590. The molecule has 0 saturated carbocycles. The highest BCUT2D eigenvalue weighted by Crippen LogP contribution is 2.27. The Balaban J connectivity index is 1.78. The summed E-state index contributed by atoms with van der Waals surface area (Å²) in [5.41, 5.74) is 0. The number of hydrogen-bond donors (Lipinski definition) is 7. The maximum Gasteiger partial charge on any atom is 0.306 e. The molecular weight excluding hydrogens is 973 g/mol. The summed E-state index contributed by atoms with van der Waals surface area (Å²) in [6.07, 6.45) is 40.7. The molecule has 0 radical (unpaired) electrons. The summed E-state index contributed by atoms with van der Waals surface area (Å²) in [5.74, 6) is -1.02. The second-order valence-corrected chi connectivity index (χ2v) is 20.5. The molecule has 0 aromatic heterocycles. The second kappa shape index (κ2) is 46.8. The molecule has 0 aliphatic carbocycles. The lowest BCUT2D eigenvalue weighted by atomic mass is 9.98. The summed E-state index contributed by atoms with van der Waals surface area (Å²) >= 11 is 0. The Morgan fingerprint density at radius 2 is 0.816 bits per heavy atom. The number of carbonyl (C=O) groups is 2. The first-order valence-corrected chi connectivity index (χ1v) is 29.5. The van der Waals surface area contributed by atoms with Gasteiger partial charge in [0.25, 0.3) is 0 Å². The summed E-state index contributed by atoms with van der Waals surface area (Å²) in [7, 11) is 0. The fourth-order valence-corrected chi connectivity index (χ4v) is 8.84. The molecule has 438 valence electrons. The minimum absolute atomic E-state index is 0.0918. The van der Waals surface area contributed by atoms with Crippen LogP contribution in [0.15, 0.2) is 72.9 Å². The van der Waals surface area contributed by atoms with Crippen molar-refractivity contribution in [3.8, 4) is 0 Å². The average Bonchev–Trinajstić information content (AvgIpc) is 3.42. The van der Waals surface area contributed by atoms with E-state index in [9.17, 15) is 45.3 Å². The van der Waals surface area contributed by atoms with Gasteiger partial charge in [-0.25, -0.2) is 0 Å². The van der Waals surface area contributed by atoms with Gasteiger partial charge in [-0.15, -0.1) is 0 Å². The Hall–Kier alpha value is -3.06. The van der Waals surface area contributed by atoms with Crippen molar-refractivity contribution in [2.45, 2.75) is 274 Å². The molecule has 7 N–H and O–H groups in total. The first kappa shape index (κ1) is 69.0. The molecule has 2 fully saturated rings. The monoisotopic (exact) mass is 1080 g/mol. The smallest absolute Gasteiger partial charge is 0.306 e. The van der Waals surface area contributed by atoms with Crippen LogP contribution in [0.3, 0.4) is 0 Å². The molecule has 15 heteroatoms.